The van der Waals surface area contributed by atoms with Crippen molar-refractivity contribution in [2.24, 2.45) is 5.92 Å². The number of benzene rings is 1. The van der Waals surface area contributed by atoms with Gasteiger partial charge in [-0.3, -0.25) is 0 Å². The molecule has 21 heavy (non-hydrogen) atoms. The number of carboxylic acid groups (broad SMARTS) is 1. The molecule has 116 valence electrons. The molecule has 1 aromatic carbocycles. The fourth-order valence-electron chi connectivity index (χ4n) is 2.74. The van der Waals surface area contributed by atoms with Crippen molar-refractivity contribution in [3.05, 3.63) is 29.3 Å². The fraction of sp³-hybridized carbons (Fsp3) is 0.533. The van der Waals surface area contributed by atoms with Gasteiger partial charge in [-0.15, -0.1) is 0 Å². The van der Waals surface area contributed by atoms with Crippen molar-refractivity contribution < 1.29 is 23.1 Å². The minimum atomic E-state index is -4.09. The predicted molar refractivity (Wildman–Crippen MR) is 73.6 cm³/mol. The second-order valence-electron chi connectivity index (χ2n) is 5.57. The molecule has 0 aliphatic heterocycles. The van der Waals surface area contributed by atoms with E-state index < -0.39 is 18.1 Å². The summed E-state index contributed by atoms with van der Waals surface area (Å²) in [6.45, 7) is 1.79. The highest BCUT2D eigenvalue weighted by Crippen LogP contribution is 2.38. The van der Waals surface area contributed by atoms with Crippen LogP contribution in [0, 0.1) is 12.8 Å². The molecule has 0 bridgehead atoms. The SMILES string of the molecule is Cc1cc(C(=O)O)ccc1NC1CCC(C(F)(F)F)CC1. The maximum absolute atomic E-state index is 12.6. The number of carbonyl (C=O) groups is 1. The summed E-state index contributed by atoms with van der Waals surface area (Å²) in [7, 11) is 0. The third-order valence-corrected chi connectivity index (χ3v) is 4.02. The quantitative estimate of drug-likeness (QED) is 0.878. The number of alkyl halides is 3. The lowest BCUT2D eigenvalue weighted by atomic mass is 9.85. The number of aryl methyl sites for hydroxylation is 1. The third kappa shape index (κ3) is 3.89. The molecule has 0 radical (unpaired) electrons. The van der Waals surface area contributed by atoms with E-state index in [0.717, 1.165) is 11.3 Å². The number of aromatic carboxylic acids is 1. The summed E-state index contributed by atoms with van der Waals surface area (Å²) in [6, 6.07) is 4.75. The van der Waals surface area contributed by atoms with Gasteiger partial charge >= 0.3 is 12.1 Å². The zero-order valence-electron chi connectivity index (χ0n) is 11.7. The van der Waals surface area contributed by atoms with Crippen LogP contribution in [0.25, 0.3) is 0 Å². The van der Waals surface area contributed by atoms with Crippen LogP contribution >= 0.6 is 0 Å². The Labute approximate surface area is 121 Å². The van der Waals surface area contributed by atoms with E-state index in [2.05, 4.69) is 5.32 Å². The van der Waals surface area contributed by atoms with Gasteiger partial charge in [0.15, 0.2) is 0 Å². The van der Waals surface area contributed by atoms with Gasteiger partial charge in [0.25, 0.3) is 0 Å². The number of hydrogen-bond acceptors (Lipinski definition) is 2. The summed E-state index contributed by atoms with van der Waals surface area (Å²) < 4.78 is 37.8. The number of hydrogen-bond donors (Lipinski definition) is 2. The molecular weight excluding hydrogens is 283 g/mol. The molecule has 6 heteroatoms. The molecule has 0 aromatic heterocycles. The van der Waals surface area contributed by atoms with Crippen LogP contribution in [-0.4, -0.2) is 23.3 Å². The van der Waals surface area contributed by atoms with Crippen molar-refractivity contribution in [2.45, 2.75) is 44.8 Å². The summed E-state index contributed by atoms with van der Waals surface area (Å²) in [5.74, 6) is -2.18. The summed E-state index contributed by atoms with van der Waals surface area (Å²) in [4.78, 5) is 10.9. The first-order valence-electron chi connectivity index (χ1n) is 6.94. The van der Waals surface area contributed by atoms with Crippen molar-refractivity contribution in [3.8, 4) is 0 Å². The lowest BCUT2D eigenvalue weighted by molar-refractivity contribution is -0.182. The normalized spacial score (nSPS) is 22.9. The van der Waals surface area contributed by atoms with Crippen molar-refractivity contribution in [1.29, 1.82) is 0 Å². The molecule has 0 amide bonds. The average Bonchev–Trinajstić information content (AvgIpc) is 2.40. The van der Waals surface area contributed by atoms with Crippen LogP contribution in [-0.2, 0) is 0 Å². The Morgan fingerprint density at radius 1 is 1.24 bits per heavy atom. The van der Waals surface area contributed by atoms with Crippen molar-refractivity contribution in [2.75, 3.05) is 5.32 Å². The van der Waals surface area contributed by atoms with E-state index in [4.69, 9.17) is 5.11 Å². The van der Waals surface area contributed by atoms with E-state index >= 15 is 0 Å². The van der Waals surface area contributed by atoms with Crippen molar-refractivity contribution >= 4 is 11.7 Å². The molecule has 0 unspecified atom stereocenters. The molecule has 1 aliphatic carbocycles. The molecule has 0 atom stereocenters. The van der Waals surface area contributed by atoms with Gasteiger partial charge in [0.1, 0.15) is 0 Å². The Balaban J connectivity index is 1.96. The number of halogens is 3. The van der Waals surface area contributed by atoms with Crippen LogP contribution in [0.15, 0.2) is 18.2 Å². The monoisotopic (exact) mass is 301 g/mol. The van der Waals surface area contributed by atoms with Gasteiger partial charge in [-0.2, -0.15) is 13.2 Å². The first kappa shape index (κ1) is 15.7. The van der Waals surface area contributed by atoms with Crippen molar-refractivity contribution in [3.63, 3.8) is 0 Å². The lowest BCUT2D eigenvalue weighted by Crippen LogP contribution is -2.32. The van der Waals surface area contributed by atoms with Gasteiger partial charge < -0.3 is 10.4 Å². The Hall–Kier alpha value is -1.72. The van der Waals surface area contributed by atoms with Crippen LogP contribution in [0.2, 0.25) is 0 Å². The van der Waals surface area contributed by atoms with Gasteiger partial charge in [0.2, 0.25) is 0 Å². The highest BCUT2D eigenvalue weighted by Gasteiger charge is 2.41. The van der Waals surface area contributed by atoms with E-state index in [-0.39, 0.29) is 24.4 Å². The summed E-state index contributed by atoms with van der Waals surface area (Å²) in [5.41, 5.74) is 1.78. The van der Waals surface area contributed by atoms with E-state index in [9.17, 15) is 18.0 Å². The maximum atomic E-state index is 12.6. The minimum absolute atomic E-state index is 0.0120. The Kier molecular flexibility index (Phi) is 4.44. The molecule has 1 aromatic rings. The standard InChI is InChI=1S/C15H18F3NO2/c1-9-8-10(14(20)21)2-7-13(9)19-12-5-3-11(4-6-12)15(16,17)18/h2,7-8,11-12,19H,3-6H2,1H3,(H,20,21). The molecule has 1 aliphatic rings. The first-order valence-corrected chi connectivity index (χ1v) is 6.94. The highest BCUT2D eigenvalue weighted by atomic mass is 19.4. The molecule has 1 fully saturated rings. The van der Waals surface area contributed by atoms with E-state index in [0.29, 0.717) is 12.8 Å². The minimum Gasteiger partial charge on any atom is -0.478 e. The lowest BCUT2D eigenvalue weighted by Gasteiger charge is -2.31. The van der Waals surface area contributed by atoms with Crippen LogP contribution in [0.4, 0.5) is 18.9 Å². The Morgan fingerprint density at radius 2 is 1.86 bits per heavy atom. The Bertz CT molecular complexity index is 520. The molecule has 1 saturated carbocycles. The number of nitrogens with one attached hydrogen (secondary N) is 1. The van der Waals surface area contributed by atoms with E-state index in [1.807, 2.05) is 0 Å². The molecule has 0 spiro atoms. The molecule has 0 saturated heterocycles. The van der Waals surface area contributed by atoms with Crippen LogP contribution in [0.5, 0.6) is 0 Å². The van der Waals surface area contributed by atoms with Gasteiger partial charge in [0.05, 0.1) is 11.5 Å². The van der Waals surface area contributed by atoms with E-state index in [1.165, 1.54) is 6.07 Å². The van der Waals surface area contributed by atoms with Crippen LogP contribution in [0.3, 0.4) is 0 Å². The topological polar surface area (TPSA) is 49.3 Å². The average molecular weight is 301 g/mol. The zero-order valence-corrected chi connectivity index (χ0v) is 11.7. The van der Waals surface area contributed by atoms with Crippen LogP contribution in [0.1, 0.15) is 41.6 Å². The third-order valence-electron chi connectivity index (χ3n) is 4.02. The largest absolute Gasteiger partial charge is 0.478 e. The fourth-order valence-corrected chi connectivity index (χ4v) is 2.74. The summed E-state index contributed by atoms with van der Waals surface area (Å²) in [6.07, 6.45) is -2.85. The molecular formula is C15H18F3NO2. The molecule has 2 N–H and O–H groups in total. The van der Waals surface area contributed by atoms with Crippen molar-refractivity contribution in [1.82, 2.24) is 0 Å². The Morgan fingerprint density at radius 3 is 2.33 bits per heavy atom. The van der Waals surface area contributed by atoms with Gasteiger partial charge in [-0.05, 0) is 56.4 Å². The zero-order chi connectivity index (χ0) is 15.6. The second-order valence-corrected chi connectivity index (χ2v) is 5.57. The summed E-state index contributed by atoms with van der Waals surface area (Å²) in [5, 5.41) is 12.1. The van der Waals surface area contributed by atoms with Gasteiger partial charge in [-0.25, -0.2) is 4.79 Å². The predicted octanol–water partition coefficient (Wildman–Crippen LogP) is 4.23. The second kappa shape index (κ2) is 5.95. The van der Waals surface area contributed by atoms with Crippen LogP contribution < -0.4 is 5.32 Å². The first-order chi connectivity index (χ1) is 9.77. The van der Waals surface area contributed by atoms with Gasteiger partial charge in [-0.1, -0.05) is 0 Å². The molecule has 3 nitrogen and oxygen atoms in total. The number of anilines is 1. The summed E-state index contributed by atoms with van der Waals surface area (Å²) >= 11 is 0. The molecule has 2 rings (SSSR count). The van der Waals surface area contributed by atoms with Gasteiger partial charge in [0, 0.05) is 11.7 Å². The number of rotatable bonds is 3. The molecule has 0 heterocycles. The number of carboxylic acids is 1. The maximum Gasteiger partial charge on any atom is 0.391 e. The van der Waals surface area contributed by atoms with E-state index in [1.54, 1.807) is 19.1 Å². The smallest absolute Gasteiger partial charge is 0.391 e. The highest BCUT2D eigenvalue weighted by molar-refractivity contribution is 5.88.